The first-order chi connectivity index (χ1) is 12.8. The van der Waals surface area contributed by atoms with Crippen LogP contribution in [0.3, 0.4) is 0 Å². The molecule has 4 rings (SSSR count). The molecule has 0 amide bonds. The number of aromatic nitrogens is 4. The van der Waals surface area contributed by atoms with E-state index in [0.717, 1.165) is 35.8 Å². The molecule has 3 aromatic rings. The molecule has 0 unspecified atom stereocenters. The first-order valence-electron chi connectivity index (χ1n) is 9.50. The van der Waals surface area contributed by atoms with Gasteiger partial charge in [0.2, 0.25) is 0 Å². The van der Waals surface area contributed by atoms with Gasteiger partial charge in [-0.05, 0) is 38.1 Å². The molecule has 1 aliphatic heterocycles. The zero-order valence-corrected chi connectivity index (χ0v) is 15.4. The second kappa shape index (κ2) is 7.83. The Hall–Kier alpha value is -2.47. The molecule has 1 aliphatic rings. The zero-order chi connectivity index (χ0) is 17.8. The summed E-state index contributed by atoms with van der Waals surface area (Å²) in [4.78, 5) is 13.7. The summed E-state index contributed by atoms with van der Waals surface area (Å²) < 4.78 is 1.92. The first-order valence-corrected chi connectivity index (χ1v) is 9.50. The fourth-order valence-corrected chi connectivity index (χ4v) is 3.60. The highest BCUT2D eigenvalue weighted by Gasteiger charge is 2.14. The third kappa shape index (κ3) is 3.70. The Morgan fingerprint density at radius 3 is 2.54 bits per heavy atom. The number of nitrogens with zero attached hydrogens (tertiary/aromatic N) is 6. The van der Waals surface area contributed by atoms with Crippen LogP contribution in [0.25, 0.3) is 16.9 Å². The zero-order valence-electron chi connectivity index (χ0n) is 15.4. The van der Waals surface area contributed by atoms with Crippen molar-refractivity contribution in [3.8, 4) is 11.3 Å². The van der Waals surface area contributed by atoms with Crippen molar-refractivity contribution in [2.45, 2.75) is 25.7 Å². The summed E-state index contributed by atoms with van der Waals surface area (Å²) in [5.41, 5.74) is 2.90. The van der Waals surface area contributed by atoms with E-state index in [4.69, 9.17) is 4.98 Å². The smallest absolute Gasteiger partial charge is 0.157 e. The van der Waals surface area contributed by atoms with E-state index >= 15 is 0 Å². The standard InChI is InChI=1S/C20H26N6/c1-24(14-15-25-12-4-2-3-5-13-25)20-16-18(17-6-9-21-10-7-17)23-19-8-11-22-26(19)20/h6-11,16H,2-5,12-15H2,1H3. The van der Waals surface area contributed by atoms with Gasteiger partial charge in [0.05, 0.1) is 11.9 Å². The summed E-state index contributed by atoms with van der Waals surface area (Å²) in [5.74, 6) is 1.07. The van der Waals surface area contributed by atoms with E-state index in [0.29, 0.717) is 0 Å². The largest absolute Gasteiger partial charge is 0.358 e. The Labute approximate surface area is 154 Å². The second-order valence-corrected chi connectivity index (χ2v) is 7.01. The van der Waals surface area contributed by atoms with Crippen LogP contribution in [-0.4, -0.2) is 57.7 Å². The molecule has 0 aliphatic carbocycles. The molecule has 1 saturated heterocycles. The first kappa shape index (κ1) is 17.0. The Bertz CT molecular complexity index is 836. The molecule has 0 aromatic carbocycles. The number of hydrogen-bond donors (Lipinski definition) is 0. The predicted molar refractivity (Wildman–Crippen MR) is 104 cm³/mol. The monoisotopic (exact) mass is 350 g/mol. The van der Waals surface area contributed by atoms with Crippen LogP contribution in [0.15, 0.2) is 42.9 Å². The molecule has 6 heteroatoms. The van der Waals surface area contributed by atoms with Crippen molar-refractivity contribution in [2.75, 3.05) is 38.1 Å². The van der Waals surface area contributed by atoms with Crippen molar-refractivity contribution < 1.29 is 0 Å². The minimum absolute atomic E-state index is 0.871. The van der Waals surface area contributed by atoms with E-state index < -0.39 is 0 Å². The third-order valence-electron chi connectivity index (χ3n) is 5.16. The number of rotatable bonds is 5. The summed E-state index contributed by atoms with van der Waals surface area (Å²) in [6.07, 6.45) is 10.8. The highest BCUT2D eigenvalue weighted by molar-refractivity contribution is 5.66. The predicted octanol–water partition coefficient (Wildman–Crippen LogP) is 3.10. The van der Waals surface area contributed by atoms with Gasteiger partial charge in [0, 0.05) is 50.2 Å². The molecule has 26 heavy (non-hydrogen) atoms. The Kier molecular flexibility index (Phi) is 5.11. The van der Waals surface area contributed by atoms with Gasteiger partial charge in [-0.2, -0.15) is 9.61 Å². The normalized spacial score (nSPS) is 15.9. The van der Waals surface area contributed by atoms with Crippen LogP contribution >= 0.6 is 0 Å². The van der Waals surface area contributed by atoms with Gasteiger partial charge < -0.3 is 9.80 Å². The molecule has 0 N–H and O–H groups in total. The Morgan fingerprint density at radius 2 is 1.77 bits per heavy atom. The summed E-state index contributed by atoms with van der Waals surface area (Å²) in [6.45, 7) is 4.52. The summed E-state index contributed by atoms with van der Waals surface area (Å²) >= 11 is 0. The average Bonchev–Trinajstić information content (AvgIpc) is 3.01. The van der Waals surface area contributed by atoms with Crippen molar-refractivity contribution in [3.05, 3.63) is 42.9 Å². The summed E-state index contributed by atoms with van der Waals surface area (Å²) in [6, 6.07) is 8.07. The maximum absolute atomic E-state index is 4.75. The van der Waals surface area contributed by atoms with Crippen LogP contribution in [0.2, 0.25) is 0 Å². The van der Waals surface area contributed by atoms with Crippen LogP contribution in [0, 0.1) is 0 Å². The fourth-order valence-electron chi connectivity index (χ4n) is 3.60. The van der Waals surface area contributed by atoms with E-state index in [1.54, 1.807) is 12.4 Å². The number of anilines is 1. The van der Waals surface area contributed by atoms with E-state index in [1.165, 1.54) is 38.8 Å². The van der Waals surface area contributed by atoms with Gasteiger partial charge >= 0.3 is 0 Å². The SMILES string of the molecule is CN(CCN1CCCCCC1)c1cc(-c2ccncc2)nc2ccnn12. The van der Waals surface area contributed by atoms with Crippen molar-refractivity contribution in [1.29, 1.82) is 0 Å². The molecule has 0 bridgehead atoms. The van der Waals surface area contributed by atoms with Crippen molar-refractivity contribution in [3.63, 3.8) is 0 Å². The number of fused-ring (bicyclic) bond motifs is 1. The van der Waals surface area contributed by atoms with Crippen LogP contribution in [0.4, 0.5) is 5.82 Å². The summed E-state index contributed by atoms with van der Waals surface area (Å²) in [5, 5.41) is 4.47. The highest BCUT2D eigenvalue weighted by atomic mass is 15.3. The quantitative estimate of drug-likeness (QED) is 0.708. The number of likely N-dealkylation sites (N-methyl/N-ethyl adjacent to an activating group) is 1. The molecule has 0 atom stereocenters. The maximum Gasteiger partial charge on any atom is 0.157 e. The van der Waals surface area contributed by atoms with Gasteiger partial charge in [0.1, 0.15) is 5.82 Å². The molecule has 0 spiro atoms. The van der Waals surface area contributed by atoms with E-state index in [-0.39, 0.29) is 0 Å². The van der Waals surface area contributed by atoms with E-state index in [9.17, 15) is 0 Å². The summed E-state index contributed by atoms with van der Waals surface area (Å²) in [7, 11) is 2.14. The van der Waals surface area contributed by atoms with Crippen LogP contribution in [0.1, 0.15) is 25.7 Å². The van der Waals surface area contributed by atoms with E-state index in [2.05, 4.69) is 33.0 Å². The van der Waals surface area contributed by atoms with E-state index in [1.807, 2.05) is 28.9 Å². The Morgan fingerprint density at radius 1 is 1.00 bits per heavy atom. The average molecular weight is 350 g/mol. The highest BCUT2D eigenvalue weighted by Crippen LogP contribution is 2.23. The van der Waals surface area contributed by atoms with Crippen molar-refractivity contribution >= 4 is 11.5 Å². The molecule has 0 saturated carbocycles. The lowest BCUT2D eigenvalue weighted by atomic mass is 10.2. The lowest BCUT2D eigenvalue weighted by Gasteiger charge is -2.25. The minimum Gasteiger partial charge on any atom is -0.358 e. The molecule has 1 fully saturated rings. The van der Waals surface area contributed by atoms with Crippen LogP contribution < -0.4 is 4.90 Å². The molecule has 4 heterocycles. The third-order valence-corrected chi connectivity index (χ3v) is 5.16. The van der Waals surface area contributed by atoms with Gasteiger partial charge in [-0.25, -0.2) is 4.98 Å². The lowest BCUT2D eigenvalue weighted by molar-refractivity contribution is 0.291. The van der Waals surface area contributed by atoms with Crippen molar-refractivity contribution in [2.24, 2.45) is 0 Å². The van der Waals surface area contributed by atoms with Crippen LogP contribution in [0.5, 0.6) is 0 Å². The van der Waals surface area contributed by atoms with Gasteiger partial charge in [-0.15, -0.1) is 0 Å². The van der Waals surface area contributed by atoms with Gasteiger partial charge in [-0.3, -0.25) is 4.98 Å². The van der Waals surface area contributed by atoms with Gasteiger partial charge in [0.15, 0.2) is 5.65 Å². The van der Waals surface area contributed by atoms with Gasteiger partial charge in [-0.1, -0.05) is 12.8 Å². The Balaban J connectivity index is 1.57. The van der Waals surface area contributed by atoms with Crippen LogP contribution in [-0.2, 0) is 0 Å². The number of hydrogen-bond acceptors (Lipinski definition) is 5. The molecular weight excluding hydrogens is 324 g/mol. The number of pyridine rings is 1. The number of likely N-dealkylation sites (tertiary alicyclic amines) is 1. The van der Waals surface area contributed by atoms with Crippen molar-refractivity contribution in [1.82, 2.24) is 24.5 Å². The second-order valence-electron chi connectivity index (χ2n) is 7.01. The molecule has 3 aromatic heterocycles. The maximum atomic E-state index is 4.75. The fraction of sp³-hybridized carbons (Fsp3) is 0.450. The molecule has 6 nitrogen and oxygen atoms in total. The molecular formula is C20H26N6. The van der Waals surface area contributed by atoms with Gasteiger partial charge in [0.25, 0.3) is 0 Å². The molecule has 0 radical (unpaired) electrons. The lowest BCUT2D eigenvalue weighted by Crippen LogP contribution is -2.34. The minimum atomic E-state index is 0.871. The topological polar surface area (TPSA) is 49.6 Å². The molecule has 136 valence electrons.